The van der Waals surface area contributed by atoms with Gasteiger partial charge in [0, 0.05) is 18.1 Å². The fraction of sp³-hybridized carbons (Fsp3) is 0.500. The van der Waals surface area contributed by atoms with E-state index in [4.69, 9.17) is 16.3 Å². The summed E-state index contributed by atoms with van der Waals surface area (Å²) in [7, 11) is 0. The van der Waals surface area contributed by atoms with Gasteiger partial charge in [0.25, 0.3) is 0 Å². The summed E-state index contributed by atoms with van der Waals surface area (Å²) in [6, 6.07) is 7.45. The molecular formula is C18H22ClN5O3. The van der Waals surface area contributed by atoms with E-state index in [1.807, 2.05) is 18.2 Å². The van der Waals surface area contributed by atoms with E-state index in [-0.39, 0.29) is 18.4 Å². The molecule has 2 heterocycles. The Labute approximate surface area is 162 Å². The van der Waals surface area contributed by atoms with E-state index in [2.05, 4.69) is 15.5 Å². The molecule has 1 aliphatic rings. The Morgan fingerprint density at radius 1 is 1.37 bits per heavy atom. The third-order valence-corrected chi connectivity index (χ3v) is 4.99. The second kappa shape index (κ2) is 8.47. The fourth-order valence-corrected chi connectivity index (χ4v) is 3.75. The van der Waals surface area contributed by atoms with Crippen LogP contribution in [0.15, 0.2) is 30.6 Å². The van der Waals surface area contributed by atoms with Gasteiger partial charge in [0.2, 0.25) is 5.91 Å². The van der Waals surface area contributed by atoms with Crippen LogP contribution in [0.3, 0.4) is 0 Å². The maximum Gasteiger partial charge on any atom is 0.314 e. The second-order valence-electron chi connectivity index (χ2n) is 6.73. The predicted octanol–water partition coefficient (Wildman–Crippen LogP) is 1.74. The highest BCUT2D eigenvalue weighted by Crippen LogP contribution is 2.36. The number of rotatable bonds is 6. The zero-order chi connectivity index (χ0) is 19.3. The number of nitrogens with zero attached hydrogens (tertiary/aromatic N) is 5. The summed E-state index contributed by atoms with van der Waals surface area (Å²) in [6.07, 6.45) is 3.25. The Kier molecular flexibility index (Phi) is 6.05. The van der Waals surface area contributed by atoms with Crippen molar-refractivity contribution in [3.8, 4) is 0 Å². The van der Waals surface area contributed by atoms with Crippen LogP contribution in [0.25, 0.3) is 0 Å². The molecule has 27 heavy (non-hydrogen) atoms. The van der Waals surface area contributed by atoms with Crippen molar-refractivity contribution >= 4 is 23.5 Å². The van der Waals surface area contributed by atoms with Gasteiger partial charge in [0.1, 0.15) is 12.9 Å². The largest absolute Gasteiger partial charge is 0.466 e. The monoisotopic (exact) mass is 391 g/mol. The van der Waals surface area contributed by atoms with Crippen molar-refractivity contribution in [2.24, 2.45) is 5.41 Å². The number of benzene rings is 1. The van der Waals surface area contributed by atoms with Gasteiger partial charge >= 0.3 is 5.97 Å². The Hall–Kier alpha value is -2.48. The van der Waals surface area contributed by atoms with Gasteiger partial charge in [-0.3, -0.25) is 9.59 Å². The average Bonchev–Trinajstić information content (AvgIpc) is 3.15. The molecule has 1 saturated heterocycles. The SMILES string of the molecule is CCOC(=O)C1(Cc2cccc(Cl)c2)CCCN(C(=O)Cn2cnnn2)C1. The van der Waals surface area contributed by atoms with E-state index in [9.17, 15) is 9.59 Å². The molecule has 0 aliphatic carbocycles. The molecule has 0 saturated carbocycles. The minimum absolute atomic E-state index is 0.0447. The number of carbonyl (C=O) groups excluding carboxylic acids is 2. The molecule has 1 aromatic heterocycles. The topological polar surface area (TPSA) is 90.2 Å². The summed E-state index contributed by atoms with van der Waals surface area (Å²) >= 11 is 6.11. The summed E-state index contributed by atoms with van der Waals surface area (Å²) in [6.45, 7) is 3.03. The highest BCUT2D eigenvalue weighted by Gasteiger charge is 2.44. The first-order valence-corrected chi connectivity index (χ1v) is 9.30. The number of likely N-dealkylation sites (tertiary alicyclic amines) is 1. The molecule has 2 aromatic rings. The third-order valence-electron chi connectivity index (χ3n) is 4.76. The number of piperidine rings is 1. The first-order chi connectivity index (χ1) is 13.0. The Morgan fingerprint density at radius 3 is 2.93 bits per heavy atom. The van der Waals surface area contributed by atoms with Crippen molar-refractivity contribution in [3.63, 3.8) is 0 Å². The predicted molar refractivity (Wildman–Crippen MR) is 97.9 cm³/mol. The molecule has 3 rings (SSSR count). The summed E-state index contributed by atoms with van der Waals surface area (Å²) in [4.78, 5) is 27.2. The number of tetrazole rings is 1. The summed E-state index contributed by atoms with van der Waals surface area (Å²) in [5.41, 5.74) is 0.167. The fourth-order valence-electron chi connectivity index (χ4n) is 3.54. The number of halogens is 1. The zero-order valence-electron chi connectivity index (χ0n) is 15.2. The van der Waals surface area contributed by atoms with Gasteiger partial charge in [-0.05, 0) is 54.3 Å². The number of esters is 1. The quantitative estimate of drug-likeness (QED) is 0.697. The van der Waals surface area contributed by atoms with Crippen LogP contribution in [-0.2, 0) is 27.3 Å². The molecule has 1 unspecified atom stereocenters. The molecule has 9 heteroatoms. The van der Waals surface area contributed by atoms with E-state index >= 15 is 0 Å². The molecule has 1 aromatic carbocycles. The number of ether oxygens (including phenoxy) is 1. The first-order valence-electron chi connectivity index (χ1n) is 8.92. The van der Waals surface area contributed by atoms with Crippen LogP contribution in [0, 0.1) is 5.41 Å². The Morgan fingerprint density at radius 2 is 2.22 bits per heavy atom. The maximum absolute atomic E-state index is 12.9. The van der Waals surface area contributed by atoms with Crippen LogP contribution in [-0.4, -0.2) is 56.7 Å². The van der Waals surface area contributed by atoms with Gasteiger partial charge in [-0.2, -0.15) is 0 Å². The molecule has 144 valence electrons. The van der Waals surface area contributed by atoms with Crippen molar-refractivity contribution in [1.82, 2.24) is 25.1 Å². The van der Waals surface area contributed by atoms with Gasteiger partial charge in [0.05, 0.1) is 12.0 Å². The standard InChI is InChI=1S/C18H22ClN5O3/c1-2-27-17(26)18(10-14-5-3-6-15(19)9-14)7-4-8-23(12-18)16(25)11-24-13-20-21-22-24/h3,5-6,9,13H,2,4,7-8,10-12H2,1H3. The van der Waals surface area contributed by atoms with E-state index in [1.165, 1.54) is 11.0 Å². The summed E-state index contributed by atoms with van der Waals surface area (Å²) in [5.74, 6) is -0.397. The zero-order valence-corrected chi connectivity index (χ0v) is 15.9. The number of carbonyl (C=O) groups is 2. The van der Waals surface area contributed by atoms with E-state index in [1.54, 1.807) is 17.9 Å². The molecule has 0 N–H and O–H groups in total. The van der Waals surface area contributed by atoms with Crippen molar-refractivity contribution < 1.29 is 14.3 Å². The lowest BCUT2D eigenvalue weighted by Gasteiger charge is -2.41. The minimum atomic E-state index is -0.783. The van der Waals surface area contributed by atoms with Crippen LogP contribution in [0.2, 0.25) is 5.02 Å². The smallest absolute Gasteiger partial charge is 0.314 e. The van der Waals surface area contributed by atoms with E-state index < -0.39 is 5.41 Å². The van der Waals surface area contributed by atoms with Gasteiger partial charge in [-0.25, -0.2) is 4.68 Å². The molecular weight excluding hydrogens is 370 g/mol. The molecule has 0 bridgehead atoms. The van der Waals surface area contributed by atoms with Gasteiger partial charge < -0.3 is 9.64 Å². The van der Waals surface area contributed by atoms with Crippen molar-refractivity contribution in [3.05, 3.63) is 41.2 Å². The maximum atomic E-state index is 12.9. The third kappa shape index (κ3) is 4.63. The number of hydrogen-bond acceptors (Lipinski definition) is 6. The van der Waals surface area contributed by atoms with Crippen LogP contribution >= 0.6 is 11.6 Å². The minimum Gasteiger partial charge on any atom is -0.466 e. The van der Waals surface area contributed by atoms with Gasteiger partial charge in [0.15, 0.2) is 0 Å². The molecule has 1 aliphatic heterocycles. The lowest BCUT2D eigenvalue weighted by molar-refractivity contribution is -0.161. The van der Waals surface area contributed by atoms with Crippen molar-refractivity contribution in [1.29, 1.82) is 0 Å². The van der Waals surface area contributed by atoms with Crippen LogP contribution in [0.4, 0.5) is 0 Å². The first kappa shape index (κ1) is 19.3. The molecule has 1 fully saturated rings. The molecule has 0 spiro atoms. The second-order valence-corrected chi connectivity index (χ2v) is 7.17. The van der Waals surface area contributed by atoms with Crippen molar-refractivity contribution in [2.45, 2.75) is 32.7 Å². The summed E-state index contributed by atoms with van der Waals surface area (Å²) in [5, 5.41) is 11.4. The Balaban J connectivity index is 1.81. The van der Waals surface area contributed by atoms with E-state index in [0.29, 0.717) is 37.6 Å². The molecule has 0 radical (unpaired) electrons. The average molecular weight is 392 g/mol. The lowest BCUT2D eigenvalue weighted by atomic mass is 9.75. The van der Waals surface area contributed by atoms with E-state index in [0.717, 1.165) is 12.0 Å². The van der Waals surface area contributed by atoms with Crippen LogP contribution < -0.4 is 0 Å². The summed E-state index contributed by atoms with van der Waals surface area (Å²) < 4.78 is 6.75. The number of hydrogen-bond donors (Lipinski definition) is 0. The number of aromatic nitrogens is 4. The Bertz CT molecular complexity index is 798. The van der Waals surface area contributed by atoms with Gasteiger partial charge in [-0.1, -0.05) is 23.7 Å². The van der Waals surface area contributed by atoms with Crippen LogP contribution in [0.5, 0.6) is 0 Å². The van der Waals surface area contributed by atoms with Crippen LogP contribution in [0.1, 0.15) is 25.3 Å². The highest BCUT2D eigenvalue weighted by molar-refractivity contribution is 6.30. The number of amides is 1. The molecule has 1 amide bonds. The lowest BCUT2D eigenvalue weighted by Crippen LogP contribution is -2.52. The van der Waals surface area contributed by atoms with Crippen molar-refractivity contribution in [2.75, 3.05) is 19.7 Å². The van der Waals surface area contributed by atoms with Gasteiger partial charge in [-0.15, -0.1) is 5.10 Å². The highest BCUT2D eigenvalue weighted by atomic mass is 35.5. The normalized spacial score (nSPS) is 19.7. The molecule has 8 nitrogen and oxygen atoms in total. The molecule has 1 atom stereocenters.